The topological polar surface area (TPSA) is 38.1 Å². The molecule has 0 bridgehead atoms. The van der Waals surface area contributed by atoms with Crippen molar-refractivity contribution in [3.8, 4) is 0 Å². The molecule has 0 N–H and O–H groups in total. The van der Waals surface area contributed by atoms with Gasteiger partial charge in [0.05, 0.1) is 10.7 Å². The largest absolute Gasteiger partial charge is 0.336 e. The molecule has 2 rings (SSSR count). The number of carbonyl (C=O) groups excluding carboxylic acids is 1. The van der Waals surface area contributed by atoms with E-state index in [1.54, 1.807) is 4.68 Å². The van der Waals surface area contributed by atoms with Crippen LogP contribution in [-0.4, -0.2) is 45.2 Å². The smallest absolute Gasteiger partial charge is 0.273 e. The highest BCUT2D eigenvalue weighted by Gasteiger charge is 2.25. The van der Waals surface area contributed by atoms with E-state index in [4.69, 9.17) is 11.6 Å². The summed E-state index contributed by atoms with van der Waals surface area (Å²) < 4.78 is 1.70. The quantitative estimate of drug-likeness (QED) is 0.828. The van der Waals surface area contributed by atoms with E-state index in [9.17, 15) is 4.79 Å². The van der Waals surface area contributed by atoms with E-state index in [-0.39, 0.29) is 5.91 Å². The third-order valence-electron chi connectivity index (χ3n) is 2.85. The maximum atomic E-state index is 12.4. The molecule has 1 fully saturated rings. The summed E-state index contributed by atoms with van der Waals surface area (Å²) in [4.78, 5) is 14.3. The summed E-state index contributed by atoms with van der Waals surface area (Å²) in [5.74, 6) is 2.02. The summed E-state index contributed by atoms with van der Waals surface area (Å²) in [7, 11) is 0. The van der Waals surface area contributed by atoms with Gasteiger partial charge in [-0.25, -0.2) is 0 Å². The van der Waals surface area contributed by atoms with Gasteiger partial charge in [-0.1, -0.05) is 11.6 Å². The molecule has 0 unspecified atom stereocenters. The van der Waals surface area contributed by atoms with Crippen molar-refractivity contribution in [1.29, 1.82) is 0 Å². The predicted octanol–water partition coefficient (Wildman–Crippen LogP) is 2.05. The lowest BCUT2D eigenvalue weighted by molar-refractivity contribution is 0.0760. The number of hydrogen-bond acceptors (Lipinski definition) is 3. The first-order valence-corrected chi connectivity index (χ1v) is 7.28. The maximum absolute atomic E-state index is 12.4. The van der Waals surface area contributed by atoms with Crippen molar-refractivity contribution < 1.29 is 4.79 Å². The second-order valence-corrected chi connectivity index (χ2v) is 5.57. The molecule has 0 atom stereocenters. The maximum Gasteiger partial charge on any atom is 0.273 e. The summed E-state index contributed by atoms with van der Waals surface area (Å²) in [5.41, 5.74) is 1.27. The Hall–Kier alpha value is -0.680. The highest BCUT2D eigenvalue weighted by molar-refractivity contribution is 7.99. The van der Waals surface area contributed by atoms with E-state index in [2.05, 4.69) is 5.10 Å². The van der Waals surface area contributed by atoms with Gasteiger partial charge in [0.2, 0.25) is 0 Å². The van der Waals surface area contributed by atoms with E-state index in [0.717, 1.165) is 30.3 Å². The molecular formula is C11H16ClN3OS. The van der Waals surface area contributed by atoms with E-state index in [1.807, 2.05) is 30.5 Å². The van der Waals surface area contributed by atoms with Crippen LogP contribution in [-0.2, 0) is 6.54 Å². The Bertz CT molecular complexity index is 427. The molecule has 6 heteroatoms. The monoisotopic (exact) mass is 273 g/mol. The molecule has 0 spiro atoms. The zero-order valence-corrected chi connectivity index (χ0v) is 11.6. The molecule has 17 heavy (non-hydrogen) atoms. The number of aromatic nitrogens is 2. The molecule has 1 aliphatic rings. The lowest BCUT2D eigenvalue weighted by Gasteiger charge is -2.26. The van der Waals surface area contributed by atoms with Crippen LogP contribution in [0.5, 0.6) is 0 Å². The second-order valence-electron chi connectivity index (χ2n) is 3.97. The Morgan fingerprint density at radius 1 is 1.47 bits per heavy atom. The highest BCUT2D eigenvalue weighted by Crippen LogP contribution is 2.23. The molecule has 2 heterocycles. The van der Waals surface area contributed by atoms with Crippen molar-refractivity contribution in [2.45, 2.75) is 20.4 Å². The fraction of sp³-hybridized carbons (Fsp3) is 0.636. The molecule has 1 amide bonds. The number of nitrogens with zero attached hydrogens (tertiary/aromatic N) is 3. The number of amides is 1. The van der Waals surface area contributed by atoms with E-state index < -0.39 is 0 Å². The van der Waals surface area contributed by atoms with Crippen molar-refractivity contribution in [3.63, 3.8) is 0 Å². The third-order valence-corrected chi connectivity index (χ3v) is 4.25. The van der Waals surface area contributed by atoms with Gasteiger partial charge in [-0.2, -0.15) is 16.9 Å². The first-order valence-electron chi connectivity index (χ1n) is 5.75. The Balaban J connectivity index is 2.29. The molecule has 94 valence electrons. The molecule has 0 saturated carbocycles. The second kappa shape index (κ2) is 5.31. The van der Waals surface area contributed by atoms with Gasteiger partial charge in [0.15, 0.2) is 0 Å². The Morgan fingerprint density at radius 3 is 2.71 bits per heavy atom. The van der Waals surface area contributed by atoms with Crippen LogP contribution in [0.2, 0.25) is 5.02 Å². The molecule has 0 aliphatic carbocycles. The number of thioether (sulfide) groups is 1. The van der Waals surface area contributed by atoms with Crippen LogP contribution in [0.1, 0.15) is 23.1 Å². The third kappa shape index (κ3) is 2.45. The molecule has 4 nitrogen and oxygen atoms in total. The number of halogens is 1. The Labute approximate surface area is 110 Å². The van der Waals surface area contributed by atoms with Gasteiger partial charge in [0, 0.05) is 31.1 Å². The Morgan fingerprint density at radius 2 is 2.12 bits per heavy atom. The molecule has 0 radical (unpaired) electrons. The van der Waals surface area contributed by atoms with Gasteiger partial charge in [-0.15, -0.1) is 0 Å². The fourth-order valence-electron chi connectivity index (χ4n) is 1.91. The molecular weight excluding hydrogens is 258 g/mol. The molecule has 0 aromatic carbocycles. The van der Waals surface area contributed by atoms with Gasteiger partial charge in [0.1, 0.15) is 5.69 Å². The van der Waals surface area contributed by atoms with Crippen molar-refractivity contribution >= 4 is 29.3 Å². The number of carbonyl (C=O) groups is 1. The van der Waals surface area contributed by atoms with Crippen LogP contribution in [0.15, 0.2) is 0 Å². The van der Waals surface area contributed by atoms with E-state index >= 15 is 0 Å². The van der Waals surface area contributed by atoms with Crippen molar-refractivity contribution in [3.05, 3.63) is 16.4 Å². The lowest BCUT2D eigenvalue weighted by atomic mass is 10.3. The minimum atomic E-state index is 0.0118. The lowest BCUT2D eigenvalue weighted by Crippen LogP contribution is -2.39. The minimum absolute atomic E-state index is 0.0118. The van der Waals surface area contributed by atoms with Crippen LogP contribution >= 0.6 is 23.4 Å². The zero-order valence-electron chi connectivity index (χ0n) is 10.1. The zero-order chi connectivity index (χ0) is 12.4. The van der Waals surface area contributed by atoms with Crippen LogP contribution in [0, 0.1) is 6.92 Å². The standard InChI is InChI=1S/C11H16ClN3OS/c1-3-15-10(9(12)8(2)13-15)11(16)14-4-6-17-7-5-14/h3-7H2,1-2H3. The number of hydrogen-bond donors (Lipinski definition) is 0. The SMILES string of the molecule is CCn1nc(C)c(Cl)c1C(=O)N1CCSCC1. The van der Waals surface area contributed by atoms with Gasteiger partial charge >= 0.3 is 0 Å². The summed E-state index contributed by atoms with van der Waals surface area (Å²) in [6, 6.07) is 0. The number of rotatable bonds is 2. The van der Waals surface area contributed by atoms with Gasteiger partial charge in [-0.3, -0.25) is 9.48 Å². The highest BCUT2D eigenvalue weighted by atomic mass is 35.5. The molecule has 1 saturated heterocycles. The first-order chi connectivity index (χ1) is 8.15. The van der Waals surface area contributed by atoms with Crippen molar-refractivity contribution in [1.82, 2.24) is 14.7 Å². The van der Waals surface area contributed by atoms with E-state index in [1.165, 1.54) is 0 Å². The van der Waals surface area contributed by atoms with Crippen LogP contribution < -0.4 is 0 Å². The summed E-state index contributed by atoms with van der Waals surface area (Å²) in [6.07, 6.45) is 0. The summed E-state index contributed by atoms with van der Waals surface area (Å²) in [5, 5.41) is 4.77. The fourth-order valence-corrected chi connectivity index (χ4v) is 3.03. The summed E-state index contributed by atoms with van der Waals surface area (Å²) >= 11 is 8.05. The van der Waals surface area contributed by atoms with Crippen molar-refractivity contribution in [2.75, 3.05) is 24.6 Å². The molecule has 1 aliphatic heterocycles. The normalized spacial score (nSPS) is 16.3. The minimum Gasteiger partial charge on any atom is -0.336 e. The summed E-state index contributed by atoms with van der Waals surface area (Å²) in [6.45, 7) is 6.06. The van der Waals surface area contributed by atoms with E-state index in [0.29, 0.717) is 17.3 Å². The molecule has 1 aromatic rings. The van der Waals surface area contributed by atoms with Gasteiger partial charge < -0.3 is 4.90 Å². The van der Waals surface area contributed by atoms with Gasteiger partial charge in [0.25, 0.3) is 5.91 Å². The number of aryl methyl sites for hydroxylation is 2. The van der Waals surface area contributed by atoms with Gasteiger partial charge in [-0.05, 0) is 13.8 Å². The average molecular weight is 274 g/mol. The van der Waals surface area contributed by atoms with Crippen LogP contribution in [0.4, 0.5) is 0 Å². The Kier molecular flexibility index (Phi) is 3.99. The average Bonchev–Trinajstić information content (AvgIpc) is 2.65. The molecule has 1 aromatic heterocycles. The van der Waals surface area contributed by atoms with Crippen LogP contribution in [0.25, 0.3) is 0 Å². The first kappa shape index (κ1) is 12.8. The van der Waals surface area contributed by atoms with Crippen molar-refractivity contribution in [2.24, 2.45) is 0 Å². The predicted molar refractivity (Wildman–Crippen MR) is 70.9 cm³/mol. The van der Waals surface area contributed by atoms with Crippen LogP contribution in [0.3, 0.4) is 0 Å².